The molecule has 0 atom stereocenters. The Morgan fingerprint density at radius 3 is 2.73 bits per heavy atom. The SMILES string of the molecule is COc1ccc2ccc(OC)c(C=NNC(=O)CN3CCOCC3)c2c1. The zero-order valence-electron chi connectivity index (χ0n) is 15.0. The highest BCUT2D eigenvalue weighted by Crippen LogP contribution is 2.29. The van der Waals surface area contributed by atoms with Gasteiger partial charge in [-0.2, -0.15) is 5.10 Å². The Morgan fingerprint density at radius 2 is 2.00 bits per heavy atom. The lowest BCUT2D eigenvalue weighted by Crippen LogP contribution is -2.42. The number of ether oxygens (including phenoxy) is 3. The molecule has 1 aliphatic rings. The summed E-state index contributed by atoms with van der Waals surface area (Å²) in [5, 5.41) is 6.09. The van der Waals surface area contributed by atoms with Crippen LogP contribution in [-0.2, 0) is 9.53 Å². The van der Waals surface area contributed by atoms with E-state index in [2.05, 4.69) is 10.5 Å². The van der Waals surface area contributed by atoms with Crippen molar-refractivity contribution >= 4 is 22.9 Å². The second-order valence-corrected chi connectivity index (χ2v) is 5.95. The number of nitrogens with zero attached hydrogens (tertiary/aromatic N) is 2. The van der Waals surface area contributed by atoms with Crippen LogP contribution in [0.15, 0.2) is 35.4 Å². The largest absolute Gasteiger partial charge is 0.497 e. The third-order valence-corrected chi connectivity index (χ3v) is 4.30. The summed E-state index contributed by atoms with van der Waals surface area (Å²) < 4.78 is 16.0. The van der Waals surface area contributed by atoms with Gasteiger partial charge in [-0.15, -0.1) is 0 Å². The third-order valence-electron chi connectivity index (χ3n) is 4.30. The number of methoxy groups -OCH3 is 2. The third kappa shape index (κ3) is 4.30. The molecule has 0 aromatic heterocycles. The first-order valence-electron chi connectivity index (χ1n) is 8.48. The minimum atomic E-state index is -0.153. The average molecular weight is 357 g/mol. The monoisotopic (exact) mass is 357 g/mol. The lowest BCUT2D eigenvalue weighted by molar-refractivity contribution is -0.123. The zero-order valence-corrected chi connectivity index (χ0v) is 15.0. The molecule has 26 heavy (non-hydrogen) atoms. The van der Waals surface area contributed by atoms with Gasteiger partial charge < -0.3 is 14.2 Å². The van der Waals surface area contributed by atoms with Crippen LogP contribution in [0.5, 0.6) is 11.5 Å². The van der Waals surface area contributed by atoms with Crippen molar-refractivity contribution in [3.05, 3.63) is 35.9 Å². The Labute approximate surface area is 152 Å². The summed E-state index contributed by atoms with van der Waals surface area (Å²) in [5.74, 6) is 1.27. The molecule has 138 valence electrons. The van der Waals surface area contributed by atoms with E-state index in [-0.39, 0.29) is 5.91 Å². The summed E-state index contributed by atoms with van der Waals surface area (Å²) in [4.78, 5) is 14.1. The first-order valence-corrected chi connectivity index (χ1v) is 8.48. The summed E-state index contributed by atoms with van der Waals surface area (Å²) in [6.07, 6.45) is 1.61. The molecule has 2 aromatic carbocycles. The fourth-order valence-electron chi connectivity index (χ4n) is 2.91. The highest BCUT2D eigenvalue weighted by atomic mass is 16.5. The number of amides is 1. The maximum atomic E-state index is 12.1. The van der Waals surface area contributed by atoms with Gasteiger partial charge >= 0.3 is 0 Å². The molecule has 0 saturated carbocycles. The number of morpholine rings is 1. The van der Waals surface area contributed by atoms with E-state index in [1.807, 2.05) is 35.2 Å². The molecule has 1 aliphatic heterocycles. The molecule has 0 unspecified atom stereocenters. The van der Waals surface area contributed by atoms with Crippen LogP contribution in [0.3, 0.4) is 0 Å². The van der Waals surface area contributed by atoms with Crippen LogP contribution in [0.25, 0.3) is 10.8 Å². The van der Waals surface area contributed by atoms with Crippen molar-refractivity contribution in [1.29, 1.82) is 0 Å². The smallest absolute Gasteiger partial charge is 0.254 e. The molecule has 7 heteroatoms. The summed E-state index contributed by atoms with van der Waals surface area (Å²) in [7, 11) is 3.23. The molecule has 3 rings (SSSR count). The predicted octanol–water partition coefficient (Wildman–Crippen LogP) is 1.64. The van der Waals surface area contributed by atoms with Crippen molar-refractivity contribution in [2.75, 3.05) is 47.1 Å². The topological polar surface area (TPSA) is 72.4 Å². The van der Waals surface area contributed by atoms with E-state index in [0.29, 0.717) is 25.5 Å². The number of nitrogens with one attached hydrogen (secondary N) is 1. The minimum Gasteiger partial charge on any atom is -0.497 e. The molecule has 1 N–H and O–H groups in total. The highest BCUT2D eigenvalue weighted by molar-refractivity contribution is 6.03. The summed E-state index contributed by atoms with van der Waals surface area (Å²) in [6.45, 7) is 3.14. The number of hydrogen-bond donors (Lipinski definition) is 1. The van der Waals surface area contributed by atoms with E-state index in [4.69, 9.17) is 14.2 Å². The van der Waals surface area contributed by atoms with Crippen molar-refractivity contribution in [3.63, 3.8) is 0 Å². The van der Waals surface area contributed by atoms with Crippen LogP contribution in [-0.4, -0.2) is 64.1 Å². The van der Waals surface area contributed by atoms with E-state index in [9.17, 15) is 4.79 Å². The average Bonchev–Trinajstić information content (AvgIpc) is 2.68. The van der Waals surface area contributed by atoms with Crippen molar-refractivity contribution < 1.29 is 19.0 Å². The van der Waals surface area contributed by atoms with Crippen molar-refractivity contribution in [3.8, 4) is 11.5 Å². The van der Waals surface area contributed by atoms with Gasteiger partial charge in [0.15, 0.2) is 0 Å². The van der Waals surface area contributed by atoms with Crippen LogP contribution >= 0.6 is 0 Å². The Morgan fingerprint density at radius 1 is 1.23 bits per heavy atom. The summed E-state index contributed by atoms with van der Waals surface area (Å²) in [5.41, 5.74) is 3.37. The second-order valence-electron chi connectivity index (χ2n) is 5.95. The van der Waals surface area contributed by atoms with Crippen molar-refractivity contribution in [1.82, 2.24) is 10.3 Å². The number of carbonyl (C=O) groups excluding carboxylic acids is 1. The van der Waals surface area contributed by atoms with E-state index >= 15 is 0 Å². The lowest BCUT2D eigenvalue weighted by Gasteiger charge is -2.25. The Hall–Kier alpha value is -2.64. The van der Waals surface area contributed by atoms with Gasteiger partial charge in [-0.1, -0.05) is 12.1 Å². The number of carbonyl (C=O) groups is 1. The van der Waals surface area contributed by atoms with E-state index < -0.39 is 0 Å². The quantitative estimate of drug-likeness (QED) is 0.629. The maximum absolute atomic E-state index is 12.1. The van der Waals surface area contributed by atoms with Gasteiger partial charge in [-0.05, 0) is 29.0 Å². The normalized spacial score (nSPS) is 15.3. The maximum Gasteiger partial charge on any atom is 0.254 e. The van der Waals surface area contributed by atoms with Gasteiger partial charge in [-0.25, -0.2) is 5.43 Å². The van der Waals surface area contributed by atoms with E-state index in [0.717, 1.165) is 35.2 Å². The van der Waals surface area contributed by atoms with Gasteiger partial charge in [0.25, 0.3) is 5.91 Å². The van der Waals surface area contributed by atoms with Gasteiger partial charge in [0.1, 0.15) is 11.5 Å². The number of benzene rings is 2. The standard InChI is InChI=1S/C19H23N3O4/c1-24-15-5-3-14-4-6-18(25-2)17(16(14)11-15)12-20-21-19(23)13-22-7-9-26-10-8-22/h3-6,11-12H,7-10,13H2,1-2H3,(H,21,23). The number of hydrazone groups is 1. The van der Waals surface area contributed by atoms with E-state index in [1.165, 1.54) is 0 Å². The van der Waals surface area contributed by atoms with Crippen LogP contribution in [0, 0.1) is 0 Å². The van der Waals surface area contributed by atoms with Gasteiger partial charge in [0.2, 0.25) is 0 Å². The molecule has 0 aliphatic carbocycles. The second kappa shape index (κ2) is 8.64. The molecular formula is C19H23N3O4. The molecule has 0 radical (unpaired) electrons. The molecule has 1 saturated heterocycles. The minimum absolute atomic E-state index is 0.153. The van der Waals surface area contributed by atoms with Crippen LogP contribution in [0.4, 0.5) is 0 Å². The molecule has 1 heterocycles. The van der Waals surface area contributed by atoms with Gasteiger partial charge in [0.05, 0.1) is 40.2 Å². The number of hydrogen-bond acceptors (Lipinski definition) is 6. The lowest BCUT2D eigenvalue weighted by atomic mass is 10.0. The summed E-state index contributed by atoms with van der Waals surface area (Å²) in [6, 6.07) is 9.66. The van der Waals surface area contributed by atoms with E-state index in [1.54, 1.807) is 20.4 Å². The molecule has 1 amide bonds. The Bertz CT molecular complexity index is 795. The number of fused-ring (bicyclic) bond motifs is 1. The van der Waals surface area contributed by atoms with Crippen LogP contribution in [0.2, 0.25) is 0 Å². The predicted molar refractivity (Wildman–Crippen MR) is 100 cm³/mol. The molecular weight excluding hydrogens is 334 g/mol. The zero-order chi connectivity index (χ0) is 18.4. The van der Waals surface area contributed by atoms with Crippen LogP contribution < -0.4 is 14.9 Å². The van der Waals surface area contributed by atoms with Gasteiger partial charge in [0, 0.05) is 18.7 Å². The first kappa shape index (κ1) is 18.2. The van der Waals surface area contributed by atoms with Gasteiger partial charge in [-0.3, -0.25) is 9.69 Å². The van der Waals surface area contributed by atoms with Crippen molar-refractivity contribution in [2.45, 2.75) is 0 Å². The molecule has 2 aromatic rings. The van der Waals surface area contributed by atoms with Crippen LogP contribution in [0.1, 0.15) is 5.56 Å². The molecule has 1 fully saturated rings. The highest BCUT2D eigenvalue weighted by Gasteiger charge is 2.13. The Kier molecular flexibility index (Phi) is 6.04. The fourth-order valence-corrected chi connectivity index (χ4v) is 2.91. The Balaban J connectivity index is 1.75. The molecule has 0 spiro atoms. The summed E-state index contributed by atoms with van der Waals surface area (Å²) >= 11 is 0. The first-order chi connectivity index (χ1) is 12.7. The molecule has 7 nitrogen and oxygen atoms in total. The van der Waals surface area contributed by atoms with Crippen molar-refractivity contribution in [2.24, 2.45) is 5.10 Å². The number of rotatable bonds is 6. The molecule has 0 bridgehead atoms. The fraction of sp³-hybridized carbons (Fsp3) is 0.368.